The Kier molecular flexibility index (Phi) is 4.40. The van der Waals surface area contributed by atoms with Gasteiger partial charge in [0, 0.05) is 6.54 Å². The molecule has 0 bridgehead atoms. The van der Waals surface area contributed by atoms with Crippen molar-refractivity contribution < 1.29 is 19.2 Å². The van der Waals surface area contributed by atoms with Crippen molar-refractivity contribution in [1.29, 1.82) is 0 Å². The number of imide groups is 2. The van der Waals surface area contributed by atoms with E-state index in [1.807, 2.05) is 13.8 Å². The number of nitrogens with zero attached hydrogens (tertiary/aromatic N) is 2. The van der Waals surface area contributed by atoms with Gasteiger partial charge in [-0.25, -0.2) is 9.69 Å². The first-order valence-corrected chi connectivity index (χ1v) is 7.09. The number of hydrogen-bond acceptors (Lipinski definition) is 4. The number of ketones is 1. The second-order valence-corrected chi connectivity index (χ2v) is 5.68. The number of rotatable bonds is 4. The highest BCUT2D eigenvalue weighted by Gasteiger charge is 2.48. The lowest BCUT2D eigenvalue weighted by Gasteiger charge is -2.36. The second-order valence-electron chi connectivity index (χ2n) is 5.68. The Hall–Kier alpha value is -2.50. The molecule has 1 aliphatic heterocycles. The van der Waals surface area contributed by atoms with Gasteiger partial charge in [-0.05, 0) is 25.0 Å². The molecular formula is C16H18N2O4. The normalized spacial score (nSPS) is 19.1. The third-order valence-corrected chi connectivity index (χ3v) is 3.37. The van der Waals surface area contributed by atoms with E-state index in [-0.39, 0.29) is 12.5 Å². The molecule has 6 heteroatoms. The fourth-order valence-electron chi connectivity index (χ4n) is 2.40. The van der Waals surface area contributed by atoms with Crippen LogP contribution in [0.3, 0.4) is 0 Å². The van der Waals surface area contributed by atoms with Gasteiger partial charge in [0.25, 0.3) is 11.8 Å². The number of Topliss-reactive ketones (excluding diaryl/α,β-unsaturated/α-hetero) is 1. The number of benzene rings is 1. The first-order valence-electron chi connectivity index (χ1n) is 7.09. The maximum Gasteiger partial charge on any atom is 0.338 e. The van der Waals surface area contributed by atoms with Gasteiger partial charge in [0.15, 0.2) is 11.7 Å². The first-order chi connectivity index (χ1) is 10.3. The van der Waals surface area contributed by atoms with Gasteiger partial charge in [-0.3, -0.25) is 19.3 Å². The van der Waals surface area contributed by atoms with E-state index >= 15 is 0 Å². The molecule has 1 unspecified atom stereocenters. The zero-order valence-electron chi connectivity index (χ0n) is 12.8. The van der Waals surface area contributed by atoms with Crippen LogP contribution in [-0.2, 0) is 14.4 Å². The Morgan fingerprint density at radius 2 is 1.68 bits per heavy atom. The van der Waals surface area contributed by atoms with E-state index < -0.39 is 29.5 Å². The van der Waals surface area contributed by atoms with Crippen LogP contribution in [0.2, 0.25) is 0 Å². The molecule has 1 aromatic rings. The molecule has 1 heterocycles. The maximum atomic E-state index is 12.5. The smallest absolute Gasteiger partial charge is 0.299 e. The Morgan fingerprint density at radius 3 is 2.18 bits per heavy atom. The molecule has 0 aliphatic carbocycles. The average molecular weight is 302 g/mol. The Balaban J connectivity index is 2.48. The minimum atomic E-state index is -1.45. The van der Waals surface area contributed by atoms with Gasteiger partial charge in [-0.2, -0.15) is 0 Å². The van der Waals surface area contributed by atoms with E-state index in [0.717, 1.165) is 9.80 Å². The highest BCUT2D eigenvalue weighted by molar-refractivity contribution is 6.34. The lowest BCUT2D eigenvalue weighted by atomic mass is 9.98. The summed E-state index contributed by atoms with van der Waals surface area (Å²) in [5, 5.41) is 0. The van der Waals surface area contributed by atoms with Crippen LogP contribution < -0.4 is 4.90 Å². The number of carbonyl (C=O) groups is 4. The quantitative estimate of drug-likeness (QED) is 0.795. The standard InChI is InChI=1S/C16H18N2O4/c1-10(2)9-17-14(20)13(11(3)19)15(21)18(16(17)22)12-7-5-4-6-8-12/h4-8,10,13H,9H2,1-3H3. The van der Waals surface area contributed by atoms with E-state index in [1.54, 1.807) is 30.3 Å². The summed E-state index contributed by atoms with van der Waals surface area (Å²) < 4.78 is 0. The van der Waals surface area contributed by atoms with Crippen molar-refractivity contribution in [3.8, 4) is 0 Å². The van der Waals surface area contributed by atoms with Crippen molar-refractivity contribution in [2.75, 3.05) is 11.4 Å². The highest BCUT2D eigenvalue weighted by atomic mass is 16.2. The van der Waals surface area contributed by atoms with Crippen molar-refractivity contribution >= 4 is 29.3 Å². The number of hydrogen-bond donors (Lipinski definition) is 0. The summed E-state index contributed by atoms with van der Waals surface area (Å²) in [5.41, 5.74) is 0.352. The third-order valence-electron chi connectivity index (χ3n) is 3.37. The summed E-state index contributed by atoms with van der Waals surface area (Å²) in [6.07, 6.45) is 0. The topological polar surface area (TPSA) is 74.8 Å². The van der Waals surface area contributed by atoms with Crippen molar-refractivity contribution in [2.24, 2.45) is 11.8 Å². The molecule has 22 heavy (non-hydrogen) atoms. The Labute approximate surface area is 128 Å². The zero-order valence-corrected chi connectivity index (χ0v) is 12.8. The largest absolute Gasteiger partial charge is 0.338 e. The molecule has 1 fully saturated rings. The monoisotopic (exact) mass is 302 g/mol. The summed E-state index contributed by atoms with van der Waals surface area (Å²) in [4.78, 5) is 51.0. The maximum absolute atomic E-state index is 12.5. The van der Waals surface area contributed by atoms with Crippen LogP contribution in [0.4, 0.5) is 10.5 Å². The molecule has 0 spiro atoms. The number of anilines is 1. The third kappa shape index (κ3) is 2.77. The van der Waals surface area contributed by atoms with Gasteiger partial charge in [-0.15, -0.1) is 0 Å². The lowest BCUT2D eigenvalue weighted by Crippen LogP contribution is -2.62. The van der Waals surface area contributed by atoms with Crippen LogP contribution in [0.15, 0.2) is 30.3 Å². The van der Waals surface area contributed by atoms with Gasteiger partial charge in [-0.1, -0.05) is 32.0 Å². The molecule has 1 saturated heterocycles. The predicted molar refractivity (Wildman–Crippen MR) is 80.0 cm³/mol. The second kappa shape index (κ2) is 6.09. The molecule has 1 aliphatic rings. The summed E-state index contributed by atoms with van der Waals surface area (Å²) in [7, 11) is 0. The molecule has 0 aromatic heterocycles. The molecule has 1 atom stereocenters. The Morgan fingerprint density at radius 1 is 1.09 bits per heavy atom. The first kappa shape index (κ1) is 15.9. The summed E-state index contributed by atoms with van der Waals surface area (Å²) in [6, 6.07) is 7.60. The van der Waals surface area contributed by atoms with Crippen molar-refractivity contribution in [3.05, 3.63) is 30.3 Å². The highest BCUT2D eigenvalue weighted by Crippen LogP contribution is 2.25. The fraction of sp³-hybridized carbons (Fsp3) is 0.375. The summed E-state index contributed by atoms with van der Waals surface area (Å²) in [5.74, 6) is -3.49. The molecule has 4 amide bonds. The molecular weight excluding hydrogens is 284 g/mol. The van der Waals surface area contributed by atoms with E-state index in [2.05, 4.69) is 0 Å². The van der Waals surface area contributed by atoms with Gasteiger partial charge in [0.2, 0.25) is 0 Å². The molecule has 0 N–H and O–H groups in total. The van der Waals surface area contributed by atoms with Gasteiger partial charge in [0.1, 0.15) is 0 Å². The van der Waals surface area contributed by atoms with Gasteiger partial charge in [0.05, 0.1) is 5.69 Å². The van der Waals surface area contributed by atoms with Crippen LogP contribution in [0.5, 0.6) is 0 Å². The van der Waals surface area contributed by atoms with Crippen LogP contribution in [-0.4, -0.2) is 35.1 Å². The number of amides is 4. The molecule has 0 radical (unpaired) electrons. The zero-order chi connectivity index (χ0) is 16.4. The van der Waals surface area contributed by atoms with E-state index in [4.69, 9.17) is 0 Å². The Bertz CT molecular complexity index is 624. The SMILES string of the molecule is CC(=O)C1C(=O)N(CC(C)C)C(=O)N(c2ccccc2)C1=O. The molecule has 1 aromatic carbocycles. The molecule has 0 saturated carbocycles. The van der Waals surface area contributed by atoms with Crippen molar-refractivity contribution in [3.63, 3.8) is 0 Å². The summed E-state index contributed by atoms with van der Waals surface area (Å²) >= 11 is 0. The van der Waals surface area contributed by atoms with Gasteiger partial charge >= 0.3 is 6.03 Å². The predicted octanol–water partition coefficient (Wildman–Crippen LogP) is 1.84. The number of para-hydroxylation sites is 1. The number of urea groups is 1. The molecule has 6 nitrogen and oxygen atoms in total. The van der Waals surface area contributed by atoms with E-state index in [0.29, 0.717) is 5.69 Å². The van der Waals surface area contributed by atoms with E-state index in [9.17, 15) is 19.2 Å². The van der Waals surface area contributed by atoms with Crippen LogP contribution >= 0.6 is 0 Å². The minimum Gasteiger partial charge on any atom is -0.299 e. The molecule has 2 rings (SSSR count). The van der Waals surface area contributed by atoms with Crippen molar-refractivity contribution in [2.45, 2.75) is 20.8 Å². The van der Waals surface area contributed by atoms with Gasteiger partial charge < -0.3 is 0 Å². The number of carbonyl (C=O) groups excluding carboxylic acids is 4. The van der Waals surface area contributed by atoms with Crippen LogP contribution in [0, 0.1) is 11.8 Å². The van der Waals surface area contributed by atoms with E-state index in [1.165, 1.54) is 6.92 Å². The summed E-state index contributed by atoms with van der Waals surface area (Å²) in [6.45, 7) is 5.06. The van der Waals surface area contributed by atoms with Crippen molar-refractivity contribution in [1.82, 2.24) is 4.90 Å². The average Bonchev–Trinajstić information content (AvgIpc) is 2.44. The van der Waals surface area contributed by atoms with Crippen LogP contribution in [0.1, 0.15) is 20.8 Å². The number of barbiturate groups is 1. The lowest BCUT2D eigenvalue weighted by molar-refractivity contribution is -0.145. The van der Waals surface area contributed by atoms with Crippen LogP contribution in [0.25, 0.3) is 0 Å². The fourth-order valence-corrected chi connectivity index (χ4v) is 2.40. The molecule has 116 valence electrons. The minimum absolute atomic E-state index is 0.0336.